The van der Waals surface area contributed by atoms with Gasteiger partial charge in [0.15, 0.2) is 0 Å². The van der Waals surface area contributed by atoms with Gasteiger partial charge in [-0.2, -0.15) is 0 Å². The minimum atomic E-state index is 0.153. The molecule has 3 rings (SSSR count). The maximum atomic E-state index is 12.2. The zero-order valence-corrected chi connectivity index (χ0v) is 10.7. The van der Waals surface area contributed by atoms with Gasteiger partial charge in [-0.15, -0.1) is 0 Å². The van der Waals surface area contributed by atoms with Crippen molar-refractivity contribution in [2.75, 3.05) is 0 Å². The van der Waals surface area contributed by atoms with E-state index in [0.29, 0.717) is 18.2 Å². The molecule has 18 heavy (non-hydrogen) atoms. The van der Waals surface area contributed by atoms with Crippen LogP contribution in [-0.2, 0) is 4.79 Å². The Morgan fingerprint density at radius 2 is 1.89 bits per heavy atom. The van der Waals surface area contributed by atoms with Crippen molar-refractivity contribution in [1.29, 1.82) is 0 Å². The second-order valence-electron chi connectivity index (χ2n) is 5.53. The van der Waals surface area contributed by atoms with Crippen LogP contribution in [0, 0.1) is 5.92 Å². The fourth-order valence-corrected chi connectivity index (χ4v) is 3.14. The molecule has 2 saturated heterocycles. The van der Waals surface area contributed by atoms with Gasteiger partial charge < -0.3 is 0 Å². The number of piperidine rings is 2. The van der Waals surface area contributed by atoms with Crippen LogP contribution in [0.4, 0.5) is 0 Å². The molecule has 0 amide bonds. The lowest BCUT2D eigenvalue weighted by Gasteiger charge is -2.42. The molecule has 0 aromatic heterocycles. The molecule has 1 aromatic carbocycles. The number of Topliss-reactive ketones (excluding diaryl/α,β-unsaturated/α-hetero) is 1. The quantitative estimate of drug-likeness (QED) is 0.794. The maximum absolute atomic E-state index is 12.2. The van der Waals surface area contributed by atoms with Crippen LogP contribution in [0.1, 0.15) is 37.8 Å². The van der Waals surface area contributed by atoms with Gasteiger partial charge in [0.05, 0.1) is 6.17 Å². The first kappa shape index (κ1) is 11.9. The molecule has 2 aliphatic rings. The Hall–Kier alpha value is -1.19. The predicted molar refractivity (Wildman–Crippen MR) is 71.1 cm³/mol. The Labute approximate surface area is 108 Å². The van der Waals surface area contributed by atoms with Gasteiger partial charge in [-0.05, 0) is 25.3 Å². The molecule has 3 nitrogen and oxygen atoms in total. The summed E-state index contributed by atoms with van der Waals surface area (Å²) in [5.74, 6) is 0.577. The standard InChI is InChI=1S/C15H20N2O/c1-10-7-8-12-14(18)9-13(17-15(12)16-10)11-5-3-2-4-6-11/h2-6,10,12-13,15-17H,7-9H2,1H3. The van der Waals surface area contributed by atoms with Crippen LogP contribution in [-0.4, -0.2) is 18.0 Å². The summed E-state index contributed by atoms with van der Waals surface area (Å²) in [6.45, 7) is 2.19. The van der Waals surface area contributed by atoms with Gasteiger partial charge in [-0.3, -0.25) is 15.4 Å². The largest absolute Gasteiger partial charge is 0.299 e. The maximum Gasteiger partial charge on any atom is 0.140 e. The van der Waals surface area contributed by atoms with Crippen molar-refractivity contribution in [3.63, 3.8) is 0 Å². The summed E-state index contributed by atoms with van der Waals surface area (Å²) in [6, 6.07) is 10.9. The number of rotatable bonds is 1. The van der Waals surface area contributed by atoms with Gasteiger partial charge in [0.1, 0.15) is 5.78 Å². The number of fused-ring (bicyclic) bond motifs is 1. The van der Waals surface area contributed by atoms with Crippen LogP contribution in [0.3, 0.4) is 0 Å². The van der Waals surface area contributed by atoms with Gasteiger partial charge in [0.2, 0.25) is 0 Å². The molecule has 3 heteroatoms. The second kappa shape index (κ2) is 4.82. The molecular formula is C15H20N2O. The van der Waals surface area contributed by atoms with Gasteiger partial charge in [-0.1, -0.05) is 30.3 Å². The fourth-order valence-electron chi connectivity index (χ4n) is 3.14. The van der Waals surface area contributed by atoms with E-state index in [2.05, 4.69) is 29.7 Å². The van der Waals surface area contributed by atoms with E-state index >= 15 is 0 Å². The first-order chi connectivity index (χ1) is 8.74. The molecule has 0 spiro atoms. The average molecular weight is 244 g/mol. The van der Waals surface area contributed by atoms with Gasteiger partial charge in [-0.25, -0.2) is 0 Å². The van der Waals surface area contributed by atoms with Crippen molar-refractivity contribution in [2.45, 2.75) is 44.4 Å². The summed E-state index contributed by atoms with van der Waals surface area (Å²) < 4.78 is 0. The fraction of sp³-hybridized carbons (Fsp3) is 0.533. The number of nitrogens with one attached hydrogen (secondary N) is 2. The summed E-state index contributed by atoms with van der Waals surface area (Å²) in [7, 11) is 0. The first-order valence-electron chi connectivity index (χ1n) is 6.84. The highest BCUT2D eigenvalue weighted by molar-refractivity contribution is 5.83. The monoisotopic (exact) mass is 244 g/mol. The number of carbonyl (C=O) groups is 1. The number of hydrogen-bond acceptors (Lipinski definition) is 3. The van der Waals surface area contributed by atoms with E-state index in [-0.39, 0.29) is 18.1 Å². The van der Waals surface area contributed by atoms with Crippen molar-refractivity contribution < 1.29 is 4.79 Å². The van der Waals surface area contributed by atoms with Crippen LogP contribution in [0.15, 0.2) is 30.3 Å². The van der Waals surface area contributed by atoms with E-state index < -0.39 is 0 Å². The third kappa shape index (κ3) is 2.20. The molecule has 2 N–H and O–H groups in total. The van der Waals surface area contributed by atoms with E-state index in [4.69, 9.17) is 0 Å². The molecule has 2 fully saturated rings. The minimum absolute atomic E-state index is 0.153. The molecule has 0 saturated carbocycles. The summed E-state index contributed by atoms with van der Waals surface area (Å²) in [5, 5.41) is 7.12. The second-order valence-corrected chi connectivity index (χ2v) is 5.53. The van der Waals surface area contributed by atoms with Gasteiger partial charge in [0, 0.05) is 24.4 Å². The summed E-state index contributed by atoms with van der Waals surface area (Å²) in [4.78, 5) is 12.2. The predicted octanol–water partition coefficient (Wildman–Crippen LogP) is 2.00. The number of hydrogen-bond donors (Lipinski definition) is 2. The first-order valence-corrected chi connectivity index (χ1v) is 6.84. The molecule has 4 unspecified atom stereocenters. The third-order valence-electron chi connectivity index (χ3n) is 4.18. The molecule has 0 aliphatic carbocycles. The SMILES string of the molecule is CC1CCC2C(=O)CC(c3ccccc3)NC2N1. The number of benzene rings is 1. The normalized spacial score (nSPS) is 36.2. The lowest BCUT2D eigenvalue weighted by Crippen LogP contribution is -2.60. The van der Waals surface area contributed by atoms with Crippen molar-refractivity contribution in [2.24, 2.45) is 5.92 Å². The Bertz CT molecular complexity index is 431. The molecule has 0 radical (unpaired) electrons. The van der Waals surface area contributed by atoms with Crippen LogP contribution >= 0.6 is 0 Å². The van der Waals surface area contributed by atoms with Crippen molar-refractivity contribution in [1.82, 2.24) is 10.6 Å². The third-order valence-corrected chi connectivity index (χ3v) is 4.18. The minimum Gasteiger partial charge on any atom is -0.299 e. The molecule has 1 aromatic rings. The Morgan fingerprint density at radius 3 is 2.67 bits per heavy atom. The summed E-state index contributed by atoms with van der Waals surface area (Å²) >= 11 is 0. The molecule has 96 valence electrons. The zero-order valence-electron chi connectivity index (χ0n) is 10.7. The molecule has 2 aliphatic heterocycles. The van der Waals surface area contributed by atoms with E-state index in [9.17, 15) is 4.79 Å². The molecular weight excluding hydrogens is 224 g/mol. The van der Waals surface area contributed by atoms with Gasteiger partial charge >= 0.3 is 0 Å². The number of carbonyl (C=O) groups excluding carboxylic acids is 1. The topological polar surface area (TPSA) is 41.1 Å². The molecule has 2 heterocycles. The van der Waals surface area contributed by atoms with Crippen molar-refractivity contribution in [3.05, 3.63) is 35.9 Å². The number of ketones is 1. The molecule has 4 atom stereocenters. The average Bonchev–Trinajstić information content (AvgIpc) is 2.39. The smallest absolute Gasteiger partial charge is 0.140 e. The highest BCUT2D eigenvalue weighted by atomic mass is 16.1. The van der Waals surface area contributed by atoms with Crippen LogP contribution in [0.5, 0.6) is 0 Å². The highest BCUT2D eigenvalue weighted by Crippen LogP contribution is 2.31. The van der Waals surface area contributed by atoms with Crippen LogP contribution in [0.25, 0.3) is 0 Å². The van der Waals surface area contributed by atoms with Crippen molar-refractivity contribution >= 4 is 5.78 Å². The van der Waals surface area contributed by atoms with E-state index in [0.717, 1.165) is 12.8 Å². The summed E-state index contributed by atoms with van der Waals surface area (Å²) in [5.41, 5.74) is 1.21. The Kier molecular flexibility index (Phi) is 3.18. The van der Waals surface area contributed by atoms with E-state index in [1.165, 1.54) is 5.56 Å². The van der Waals surface area contributed by atoms with Gasteiger partial charge in [0.25, 0.3) is 0 Å². The Morgan fingerprint density at radius 1 is 1.11 bits per heavy atom. The van der Waals surface area contributed by atoms with Crippen molar-refractivity contribution in [3.8, 4) is 0 Å². The van der Waals surface area contributed by atoms with Crippen LogP contribution < -0.4 is 10.6 Å². The van der Waals surface area contributed by atoms with Crippen LogP contribution in [0.2, 0.25) is 0 Å². The van der Waals surface area contributed by atoms with E-state index in [1.54, 1.807) is 0 Å². The lowest BCUT2D eigenvalue weighted by atomic mass is 9.81. The highest BCUT2D eigenvalue weighted by Gasteiger charge is 2.39. The zero-order chi connectivity index (χ0) is 12.5. The summed E-state index contributed by atoms with van der Waals surface area (Å²) in [6.07, 6.45) is 2.90. The van der Waals surface area contributed by atoms with E-state index in [1.807, 2.05) is 18.2 Å². The lowest BCUT2D eigenvalue weighted by molar-refractivity contribution is -0.128. The Balaban J connectivity index is 1.78. The molecule has 0 bridgehead atoms.